The molecule has 0 aliphatic rings. The van der Waals surface area contributed by atoms with Crippen molar-refractivity contribution in [1.82, 2.24) is 20.3 Å². The number of carbonyl (C=O) groups is 1. The van der Waals surface area contributed by atoms with E-state index in [0.29, 0.717) is 18.2 Å². The fourth-order valence-electron chi connectivity index (χ4n) is 2.68. The number of ether oxygens (including phenoxy) is 2. The third-order valence-electron chi connectivity index (χ3n) is 4.15. The van der Waals surface area contributed by atoms with Crippen LogP contribution in [0.1, 0.15) is 31.4 Å². The van der Waals surface area contributed by atoms with Crippen LogP contribution in [0.25, 0.3) is 0 Å². The summed E-state index contributed by atoms with van der Waals surface area (Å²) in [6.45, 7) is 3.95. The van der Waals surface area contributed by atoms with E-state index in [0.717, 1.165) is 24.0 Å². The van der Waals surface area contributed by atoms with Gasteiger partial charge in [0, 0.05) is 31.4 Å². The summed E-state index contributed by atoms with van der Waals surface area (Å²) in [6.07, 6.45) is 6.63. The molecule has 29 heavy (non-hydrogen) atoms. The van der Waals surface area contributed by atoms with Gasteiger partial charge in [-0.1, -0.05) is 30.3 Å². The second kappa shape index (κ2) is 10.2. The van der Waals surface area contributed by atoms with Crippen LogP contribution in [0.3, 0.4) is 0 Å². The Balaban J connectivity index is 1.47. The molecular formula is C22H24N4O3. The van der Waals surface area contributed by atoms with Gasteiger partial charge < -0.3 is 14.8 Å². The number of hydrogen-bond acceptors (Lipinski definition) is 6. The van der Waals surface area contributed by atoms with Gasteiger partial charge in [0.1, 0.15) is 12.4 Å². The number of pyridine rings is 1. The Morgan fingerprint density at radius 2 is 1.76 bits per heavy atom. The van der Waals surface area contributed by atoms with Crippen molar-refractivity contribution in [3.8, 4) is 17.6 Å². The molecule has 1 atom stereocenters. The fourth-order valence-corrected chi connectivity index (χ4v) is 2.68. The SMILES string of the molecule is CC(=O)NC(C)CCc1cnc(Oc2ccc(OCc3ccccc3)nc2)nc1. The maximum Gasteiger partial charge on any atom is 0.321 e. The van der Waals surface area contributed by atoms with Gasteiger partial charge in [0.2, 0.25) is 11.8 Å². The van der Waals surface area contributed by atoms with Crippen molar-refractivity contribution in [1.29, 1.82) is 0 Å². The van der Waals surface area contributed by atoms with E-state index >= 15 is 0 Å². The van der Waals surface area contributed by atoms with E-state index in [4.69, 9.17) is 9.47 Å². The molecule has 0 spiro atoms. The van der Waals surface area contributed by atoms with Crippen molar-refractivity contribution in [3.63, 3.8) is 0 Å². The monoisotopic (exact) mass is 392 g/mol. The average Bonchev–Trinajstić information content (AvgIpc) is 2.73. The smallest absolute Gasteiger partial charge is 0.321 e. The van der Waals surface area contributed by atoms with Gasteiger partial charge in [-0.2, -0.15) is 0 Å². The van der Waals surface area contributed by atoms with Gasteiger partial charge in [0.15, 0.2) is 0 Å². The lowest BCUT2D eigenvalue weighted by atomic mass is 10.1. The largest absolute Gasteiger partial charge is 0.473 e. The Labute approximate surface area is 170 Å². The van der Waals surface area contributed by atoms with Crippen LogP contribution < -0.4 is 14.8 Å². The molecule has 1 N–H and O–H groups in total. The molecule has 0 saturated carbocycles. The molecule has 0 saturated heterocycles. The minimum atomic E-state index is -0.0254. The van der Waals surface area contributed by atoms with Gasteiger partial charge in [0.25, 0.3) is 0 Å². The van der Waals surface area contributed by atoms with Gasteiger partial charge >= 0.3 is 6.01 Å². The molecule has 1 amide bonds. The molecule has 1 unspecified atom stereocenters. The molecule has 2 aromatic heterocycles. The number of aromatic nitrogens is 3. The number of amides is 1. The van der Waals surface area contributed by atoms with Crippen molar-refractivity contribution in [2.24, 2.45) is 0 Å². The van der Waals surface area contributed by atoms with Crippen LogP contribution in [-0.2, 0) is 17.8 Å². The van der Waals surface area contributed by atoms with Crippen molar-refractivity contribution >= 4 is 5.91 Å². The number of carbonyl (C=O) groups excluding carboxylic acids is 1. The first-order chi connectivity index (χ1) is 14.1. The molecule has 7 nitrogen and oxygen atoms in total. The van der Waals surface area contributed by atoms with Crippen molar-refractivity contribution in [2.75, 3.05) is 0 Å². The highest BCUT2D eigenvalue weighted by atomic mass is 16.5. The summed E-state index contributed by atoms with van der Waals surface area (Å²) >= 11 is 0. The topological polar surface area (TPSA) is 86.2 Å². The Morgan fingerprint density at radius 1 is 1.00 bits per heavy atom. The Morgan fingerprint density at radius 3 is 2.41 bits per heavy atom. The molecule has 3 rings (SSSR count). The molecular weight excluding hydrogens is 368 g/mol. The molecule has 0 aliphatic heterocycles. The van der Waals surface area contributed by atoms with E-state index in [9.17, 15) is 4.79 Å². The fraction of sp³-hybridized carbons (Fsp3) is 0.273. The van der Waals surface area contributed by atoms with Crippen LogP contribution in [0.15, 0.2) is 61.1 Å². The standard InChI is InChI=1S/C22H24N4O3/c1-16(26-17(2)27)8-9-19-12-24-22(25-13-19)29-20-10-11-21(23-14-20)28-15-18-6-4-3-5-7-18/h3-7,10-14,16H,8-9,15H2,1-2H3,(H,26,27). The Kier molecular flexibility index (Phi) is 7.10. The highest BCUT2D eigenvalue weighted by Crippen LogP contribution is 2.19. The first-order valence-electron chi connectivity index (χ1n) is 9.47. The van der Waals surface area contributed by atoms with Gasteiger partial charge in [-0.05, 0) is 37.0 Å². The number of rotatable bonds is 9. The summed E-state index contributed by atoms with van der Waals surface area (Å²) in [7, 11) is 0. The summed E-state index contributed by atoms with van der Waals surface area (Å²) in [5.41, 5.74) is 2.06. The predicted octanol–water partition coefficient (Wildman–Crippen LogP) is 3.70. The van der Waals surface area contributed by atoms with E-state index in [1.165, 1.54) is 6.92 Å². The molecule has 3 aromatic rings. The van der Waals surface area contributed by atoms with Crippen molar-refractivity contribution < 1.29 is 14.3 Å². The summed E-state index contributed by atoms with van der Waals surface area (Å²) in [6, 6.07) is 13.8. The highest BCUT2D eigenvalue weighted by molar-refractivity contribution is 5.73. The number of nitrogens with one attached hydrogen (secondary N) is 1. The lowest BCUT2D eigenvalue weighted by Gasteiger charge is -2.11. The van der Waals surface area contributed by atoms with Crippen LogP contribution in [0, 0.1) is 0 Å². The van der Waals surface area contributed by atoms with Gasteiger partial charge in [-0.3, -0.25) is 4.79 Å². The maximum atomic E-state index is 11.0. The van der Waals surface area contributed by atoms with Crippen molar-refractivity contribution in [2.45, 2.75) is 39.3 Å². The lowest BCUT2D eigenvalue weighted by Crippen LogP contribution is -2.30. The Hall–Kier alpha value is -3.48. The van der Waals surface area contributed by atoms with Crippen LogP contribution in [0.2, 0.25) is 0 Å². The molecule has 0 aliphatic carbocycles. The average molecular weight is 392 g/mol. The summed E-state index contributed by atoms with van der Waals surface area (Å²) < 4.78 is 11.3. The quantitative estimate of drug-likeness (QED) is 0.598. The molecule has 0 bridgehead atoms. The van der Waals surface area contributed by atoms with Crippen LogP contribution in [0.4, 0.5) is 0 Å². The molecule has 150 valence electrons. The number of nitrogens with zero attached hydrogens (tertiary/aromatic N) is 3. The van der Waals surface area contributed by atoms with E-state index in [-0.39, 0.29) is 18.0 Å². The number of aryl methyl sites for hydroxylation is 1. The summed E-state index contributed by atoms with van der Waals surface area (Å²) in [5, 5.41) is 2.86. The maximum absolute atomic E-state index is 11.0. The van der Waals surface area contributed by atoms with Crippen LogP contribution in [-0.4, -0.2) is 26.9 Å². The first-order valence-corrected chi connectivity index (χ1v) is 9.47. The second-order valence-electron chi connectivity index (χ2n) is 6.72. The Bertz CT molecular complexity index is 900. The lowest BCUT2D eigenvalue weighted by molar-refractivity contribution is -0.119. The third kappa shape index (κ3) is 6.88. The number of benzene rings is 1. The summed E-state index contributed by atoms with van der Waals surface area (Å²) in [4.78, 5) is 23.7. The van der Waals surface area contributed by atoms with E-state index in [2.05, 4.69) is 20.3 Å². The second-order valence-corrected chi connectivity index (χ2v) is 6.72. The van der Waals surface area contributed by atoms with Gasteiger partial charge in [-0.15, -0.1) is 0 Å². The molecule has 2 heterocycles. The van der Waals surface area contributed by atoms with E-state index < -0.39 is 0 Å². The summed E-state index contributed by atoms with van der Waals surface area (Å²) in [5.74, 6) is 1.03. The molecule has 1 aromatic carbocycles. The zero-order valence-corrected chi connectivity index (χ0v) is 16.5. The minimum Gasteiger partial charge on any atom is -0.473 e. The predicted molar refractivity (Wildman–Crippen MR) is 109 cm³/mol. The van der Waals surface area contributed by atoms with Crippen molar-refractivity contribution in [3.05, 3.63) is 72.2 Å². The van der Waals surface area contributed by atoms with E-state index in [1.54, 1.807) is 30.7 Å². The zero-order chi connectivity index (χ0) is 20.5. The zero-order valence-electron chi connectivity index (χ0n) is 16.5. The van der Waals surface area contributed by atoms with Gasteiger partial charge in [0.05, 0.1) is 6.20 Å². The molecule has 7 heteroatoms. The first kappa shape index (κ1) is 20.3. The molecule has 0 fully saturated rings. The van der Waals surface area contributed by atoms with Gasteiger partial charge in [-0.25, -0.2) is 15.0 Å². The highest BCUT2D eigenvalue weighted by Gasteiger charge is 2.06. The van der Waals surface area contributed by atoms with Crippen LogP contribution in [0.5, 0.6) is 17.6 Å². The molecule has 0 radical (unpaired) electrons. The van der Waals surface area contributed by atoms with Crippen LogP contribution >= 0.6 is 0 Å². The third-order valence-corrected chi connectivity index (χ3v) is 4.15. The number of hydrogen-bond donors (Lipinski definition) is 1. The minimum absolute atomic E-state index is 0.0254. The van der Waals surface area contributed by atoms with E-state index in [1.807, 2.05) is 37.3 Å². The normalized spacial score (nSPS) is 11.5.